The van der Waals surface area contributed by atoms with Crippen molar-refractivity contribution in [2.45, 2.75) is 231 Å². The van der Waals surface area contributed by atoms with Crippen molar-refractivity contribution in [1.82, 2.24) is 10.2 Å². The molecule has 0 amide bonds. The molecule has 6 N–H and O–H groups in total. The Labute approximate surface area is 368 Å². The number of carbonyl (C=O) groups excluding carboxylic acids is 1. The molecule has 61 heavy (non-hydrogen) atoms. The Morgan fingerprint density at radius 1 is 0.869 bits per heavy atom. The molecule has 0 spiro atoms. The zero-order chi connectivity index (χ0) is 46.0. The molecule has 3 saturated heterocycles. The van der Waals surface area contributed by atoms with Gasteiger partial charge in [0.15, 0.2) is 12.6 Å². The maximum atomic E-state index is 14.4. The van der Waals surface area contributed by atoms with Crippen molar-refractivity contribution in [1.29, 1.82) is 0 Å². The average Bonchev–Trinajstić information content (AvgIpc) is 3.19. The van der Waals surface area contributed by atoms with Crippen LogP contribution >= 0.6 is 0 Å². The molecule has 0 aromatic heterocycles. The van der Waals surface area contributed by atoms with E-state index in [4.69, 9.17) is 28.4 Å². The fourth-order valence-electron chi connectivity index (χ4n) is 10.2. The Morgan fingerprint density at radius 2 is 1.51 bits per heavy atom. The van der Waals surface area contributed by atoms with Gasteiger partial charge in [-0.15, -0.1) is 0 Å². The first-order chi connectivity index (χ1) is 28.5. The van der Waals surface area contributed by atoms with E-state index in [0.717, 1.165) is 19.3 Å². The van der Waals surface area contributed by atoms with E-state index in [1.54, 1.807) is 34.6 Å². The van der Waals surface area contributed by atoms with Gasteiger partial charge in [-0.2, -0.15) is 0 Å². The summed E-state index contributed by atoms with van der Waals surface area (Å²) in [5.74, 6) is -3.31. The lowest BCUT2D eigenvalue weighted by molar-refractivity contribution is -0.318. The maximum Gasteiger partial charge on any atom is 0.311 e. The molecule has 3 fully saturated rings. The van der Waals surface area contributed by atoms with E-state index < -0.39 is 102 Å². The van der Waals surface area contributed by atoms with E-state index in [0.29, 0.717) is 13.0 Å². The van der Waals surface area contributed by atoms with Crippen LogP contribution in [0.15, 0.2) is 12.2 Å². The zero-order valence-corrected chi connectivity index (χ0v) is 40.2. The molecule has 358 valence electrons. The molecule has 14 heteroatoms. The largest absolute Gasteiger partial charge is 0.459 e. The molecule has 2 unspecified atom stereocenters. The van der Waals surface area contributed by atoms with Gasteiger partial charge < -0.3 is 64.2 Å². The molecular formula is C47H88N2O12. The molecule has 0 aliphatic carbocycles. The number of ether oxygens (including phenoxy) is 6. The zero-order valence-electron chi connectivity index (χ0n) is 40.2. The number of aliphatic hydroxyl groups excluding tert-OH is 3. The number of carbonyl (C=O) groups is 1. The summed E-state index contributed by atoms with van der Waals surface area (Å²) >= 11 is 0. The molecule has 19 atom stereocenters. The summed E-state index contributed by atoms with van der Waals surface area (Å²) in [7, 11) is 5.31. The summed E-state index contributed by atoms with van der Waals surface area (Å²) in [6.07, 6.45) is 2.35. The third-order valence-electron chi connectivity index (χ3n) is 14.2. The van der Waals surface area contributed by atoms with Gasteiger partial charge in [-0.3, -0.25) is 4.79 Å². The number of aliphatic hydroxyl groups is 5. The van der Waals surface area contributed by atoms with Gasteiger partial charge in [0.25, 0.3) is 0 Å². The number of unbranched alkanes of at least 4 members (excludes halogenated alkanes) is 4. The lowest BCUT2D eigenvalue weighted by atomic mass is 9.72. The van der Waals surface area contributed by atoms with E-state index in [9.17, 15) is 30.3 Å². The number of rotatable bonds is 16. The quantitative estimate of drug-likeness (QED) is 0.0684. The van der Waals surface area contributed by atoms with Gasteiger partial charge in [-0.25, -0.2) is 0 Å². The van der Waals surface area contributed by atoms with Gasteiger partial charge >= 0.3 is 5.97 Å². The Kier molecular flexibility index (Phi) is 21.1. The van der Waals surface area contributed by atoms with Crippen molar-refractivity contribution in [3.63, 3.8) is 0 Å². The van der Waals surface area contributed by atoms with E-state index in [-0.39, 0.29) is 37.3 Å². The monoisotopic (exact) mass is 873 g/mol. The number of nitrogens with zero attached hydrogens (tertiary/aromatic N) is 1. The van der Waals surface area contributed by atoms with E-state index in [1.807, 2.05) is 46.7 Å². The van der Waals surface area contributed by atoms with Crippen LogP contribution in [-0.2, 0) is 33.2 Å². The van der Waals surface area contributed by atoms with Crippen LogP contribution < -0.4 is 5.32 Å². The number of nitrogens with one attached hydrogen (secondary N) is 1. The molecule has 0 aromatic rings. The third-order valence-corrected chi connectivity index (χ3v) is 14.2. The molecule has 3 aliphatic rings. The summed E-state index contributed by atoms with van der Waals surface area (Å²) in [5, 5.41) is 63.5. The second kappa shape index (κ2) is 23.8. The first-order valence-electron chi connectivity index (χ1n) is 23.4. The first-order valence-corrected chi connectivity index (χ1v) is 23.4. The van der Waals surface area contributed by atoms with Gasteiger partial charge in [-0.1, -0.05) is 59.6 Å². The predicted octanol–water partition coefficient (Wildman–Crippen LogP) is 5.09. The van der Waals surface area contributed by atoms with Gasteiger partial charge in [0.2, 0.25) is 0 Å². The predicted molar refractivity (Wildman–Crippen MR) is 236 cm³/mol. The van der Waals surface area contributed by atoms with Gasteiger partial charge in [-0.05, 0) is 113 Å². The lowest BCUT2D eigenvalue weighted by Crippen LogP contribution is -2.62. The standard InChI is InChI=1S/C47H88N2O12/c1-15-17-18-19-20-21-22-23-24-48-37-28(3)26-45(9,54)42(61-44-38(50)34(49(12)13)25-29(4)57-44)31(6)39(60-36-27-46(10,56-14)41(52)33(8)58-36)32(7)43(53)59-35(16-2)47(11,55)40(51)30(37)5/h20-21,28-42,44,48,50-52,54-55H,15-19,22-27H2,1-14H3/b21-20-/t28-,29-,30+,31+,32-,33+,34+,35-,36+,37?,38-,39+,40-,41+,42?,44+,45-,46-,47-/m1/s1. The Balaban J connectivity index is 2.14. The molecule has 0 radical (unpaired) electrons. The Bertz CT molecular complexity index is 1330. The number of likely N-dealkylation sites (N-methyl/N-ethyl adjacent to an activating group) is 1. The minimum Gasteiger partial charge on any atom is -0.459 e. The highest BCUT2D eigenvalue weighted by atomic mass is 16.7. The summed E-state index contributed by atoms with van der Waals surface area (Å²) in [6, 6.07) is -0.687. The summed E-state index contributed by atoms with van der Waals surface area (Å²) < 4.78 is 38.1. The van der Waals surface area contributed by atoms with E-state index in [1.165, 1.54) is 33.3 Å². The van der Waals surface area contributed by atoms with Crippen LogP contribution in [0.4, 0.5) is 0 Å². The van der Waals surface area contributed by atoms with Crippen LogP contribution in [0.25, 0.3) is 0 Å². The molecule has 3 heterocycles. The van der Waals surface area contributed by atoms with Crippen molar-refractivity contribution in [2.24, 2.45) is 23.7 Å². The highest BCUT2D eigenvalue weighted by Gasteiger charge is 2.53. The van der Waals surface area contributed by atoms with Crippen molar-refractivity contribution in [3.05, 3.63) is 12.2 Å². The highest BCUT2D eigenvalue weighted by molar-refractivity contribution is 5.73. The number of hydrogen-bond donors (Lipinski definition) is 6. The van der Waals surface area contributed by atoms with Crippen molar-refractivity contribution < 1.29 is 58.7 Å². The molecule has 3 aliphatic heterocycles. The molecule has 0 bridgehead atoms. The minimum absolute atomic E-state index is 0.129. The fraction of sp³-hybridized carbons (Fsp3) is 0.936. The normalized spacial score (nSPS) is 44.9. The number of esters is 1. The second-order valence-corrected chi connectivity index (χ2v) is 19.8. The molecule has 0 aromatic carbocycles. The lowest BCUT2D eigenvalue weighted by Gasteiger charge is -2.49. The molecule has 3 rings (SSSR count). The number of hydrogen-bond acceptors (Lipinski definition) is 14. The van der Waals surface area contributed by atoms with E-state index >= 15 is 0 Å². The third kappa shape index (κ3) is 13.9. The Hall–Kier alpha value is -1.27. The van der Waals surface area contributed by atoms with Crippen LogP contribution in [0, 0.1) is 23.7 Å². The molecular weight excluding hydrogens is 785 g/mol. The minimum atomic E-state index is -1.84. The maximum absolute atomic E-state index is 14.4. The highest BCUT2D eigenvalue weighted by Crippen LogP contribution is 2.41. The van der Waals surface area contributed by atoms with Crippen LogP contribution in [0.1, 0.15) is 140 Å². The van der Waals surface area contributed by atoms with Crippen molar-refractivity contribution in [2.75, 3.05) is 27.7 Å². The SMILES string of the molecule is CCCCC/C=C\CCCNC1[C@H](C)C[C@@](C)(O)C(O[C@@H]2O[C@H](C)C[C@H](N(C)C)[C@H]2O)[C@@H](C)[C@H](O[C@H]2C[C@@](C)(OC)[C@@H](O)[C@H](C)O2)[C@@H](C)C(=O)O[C@H](CC)[C@@](C)(O)[C@H](O)[C@H]1C. The van der Waals surface area contributed by atoms with E-state index in [2.05, 4.69) is 24.4 Å². The number of allylic oxidation sites excluding steroid dienone is 2. The topological polar surface area (TPSA) is 189 Å². The van der Waals surface area contributed by atoms with Crippen LogP contribution in [0.3, 0.4) is 0 Å². The smallest absolute Gasteiger partial charge is 0.311 e. The van der Waals surface area contributed by atoms with Crippen LogP contribution in [0.5, 0.6) is 0 Å². The van der Waals surface area contributed by atoms with Crippen LogP contribution in [0.2, 0.25) is 0 Å². The number of methoxy groups -OCH3 is 1. The fourth-order valence-corrected chi connectivity index (χ4v) is 10.2. The van der Waals surface area contributed by atoms with Gasteiger partial charge in [0, 0.05) is 37.5 Å². The average molecular weight is 873 g/mol. The summed E-state index contributed by atoms with van der Waals surface area (Å²) in [5.41, 5.74) is -4.50. The van der Waals surface area contributed by atoms with Gasteiger partial charge in [0.05, 0.1) is 47.6 Å². The van der Waals surface area contributed by atoms with Gasteiger partial charge in [0.1, 0.15) is 23.9 Å². The number of cyclic esters (lactones) is 1. The second-order valence-electron chi connectivity index (χ2n) is 19.8. The Morgan fingerprint density at radius 3 is 2.10 bits per heavy atom. The molecule has 14 nitrogen and oxygen atoms in total. The summed E-state index contributed by atoms with van der Waals surface area (Å²) in [4.78, 5) is 16.4. The first kappa shape index (κ1) is 54.1. The van der Waals surface area contributed by atoms with Crippen molar-refractivity contribution >= 4 is 5.97 Å². The molecule has 0 saturated carbocycles. The summed E-state index contributed by atoms with van der Waals surface area (Å²) in [6.45, 7) is 20.7. The van der Waals surface area contributed by atoms with Crippen molar-refractivity contribution in [3.8, 4) is 0 Å². The van der Waals surface area contributed by atoms with Crippen LogP contribution in [-0.4, -0.2) is 154 Å².